The van der Waals surface area contributed by atoms with Gasteiger partial charge in [-0.15, -0.1) is 0 Å². The molecular formula is C16H16INO. The summed E-state index contributed by atoms with van der Waals surface area (Å²) in [5.41, 5.74) is 5.02. The van der Waals surface area contributed by atoms with E-state index in [9.17, 15) is 4.79 Å². The number of halogens is 1. The zero-order valence-electron chi connectivity index (χ0n) is 11.3. The van der Waals surface area contributed by atoms with Gasteiger partial charge in [0, 0.05) is 9.26 Å². The Hall–Kier alpha value is -1.36. The summed E-state index contributed by atoms with van der Waals surface area (Å²) in [7, 11) is 0. The molecule has 0 radical (unpaired) electrons. The number of carbonyl (C=O) groups is 1. The highest BCUT2D eigenvalue weighted by atomic mass is 127. The van der Waals surface area contributed by atoms with Crippen LogP contribution < -0.4 is 5.32 Å². The third-order valence-corrected chi connectivity index (χ3v) is 3.97. The van der Waals surface area contributed by atoms with Crippen molar-refractivity contribution < 1.29 is 4.79 Å². The molecule has 0 aromatic heterocycles. The molecule has 3 heteroatoms. The van der Waals surface area contributed by atoms with E-state index in [-0.39, 0.29) is 5.91 Å². The Morgan fingerprint density at radius 3 is 2.21 bits per heavy atom. The number of rotatable bonds is 2. The fourth-order valence-electron chi connectivity index (χ4n) is 2.20. The summed E-state index contributed by atoms with van der Waals surface area (Å²) in [4.78, 5) is 12.3. The molecule has 0 aliphatic heterocycles. The zero-order valence-corrected chi connectivity index (χ0v) is 13.4. The van der Waals surface area contributed by atoms with Crippen LogP contribution in [0, 0.1) is 24.3 Å². The Morgan fingerprint density at radius 1 is 1.05 bits per heavy atom. The second-order valence-electron chi connectivity index (χ2n) is 4.71. The first-order valence-electron chi connectivity index (χ1n) is 6.13. The smallest absolute Gasteiger partial charge is 0.256 e. The number of hydrogen-bond acceptors (Lipinski definition) is 1. The summed E-state index contributed by atoms with van der Waals surface area (Å²) in [6, 6.07) is 11.8. The van der Waals surface area contributed by atoms with Crippen molar-refractivity contribution in [3.05, 3.63) is 62.2 Å². The van der Waals surface area contributed by atoms with Gasteiger partial charge in [-0.05, 0) is 66.6 Å². The molecule has 0 bridgehead atoms. The lowest BCUT2D eigenvalue weighted by Gasteiger charge is -2.13. The molecule has 2 aromatic rings. The molecule has 0 saturated heterocycles. The molecule has 19 heavy (non-hydrogen) atoms. The van der Waals surface area contributed by atoms with Crippen LogP contribution in [-0.4, -0.2) is 5.91 Å². The maximum absolute atomic E-state index is 12.3. The van der Waals surface area contributed by atoms with Crippen molar-refractivity contribution in [2.75, 3.05) is 5.32 Å². The molecule has 0 aliphatic carbocycles. The molecule has 2 rings (SSSR count). The highest BCUT2D eigenvalue weighted by Gasteiger charge is 2.12. The van der Waals surface area contributed by atoms with E-state index < -0.39 is 0 Å². The monoisotopic (exact) mass is 365 g/mol. The number of hydrogen-bond donors (Lipinski definition) is 1. The molecule has 0 heterocycles. The predicted octanol–water partition coefficient (Wildman–Crippen LogP) is 4.47. The van der Waals surface area contributed by atoms with Crippen molar-refractivity contribution in [3.8, 4) is 0 Å². The van der Waals surface area contributed by atoms with E-state index in [1.165, 1.54) is 5.56 Å². The maximum Gasteiger partial charge on any atom is 0.256 e. The molecule has 0 unspecified atom stereocenters. The third-order valence-electron chi connectivity index (χ3n) is 3.03. The Kier molecular flexibility index (Phi) is 4.24. The van der Waals surface area contributed by atoms with Gasteiger partial charge in [-0.25, -0.2) is 0 Å². The number of amides is 1. The molecule has 1 amide bonds. The highest BCUT2D eigenvalue weighted by Crippen LogP contribution is 2.23. The summed E-state index contributed by atoms with van der Waals surface area (Å²) in [6.45, 7) is 6.10. The van der Waals surface area contributed by atoms with Gasteiger partial charge in [-0.2, -0.15) is 0 Å². The molecular weight excluding hydrogens is 349 g/mol. The molecule has 0 aliphatic rings. The van der Waals surface area contributed by atoms with Crippen LogP contribution >= 0.6 is 22.6 Å². The minimum atomic E-state index is -0.0555. The maximum atomic E-state index is 12.3. The molecule has 0 saturated carbocycles. The lowest BCUT2D eigenvalue weighted by atomic mass is 10.0. The fraction of sp³-hybridized carbons (Fsp3) is 0.188. The third kappa shape index (κ3) is 3.15. The van der Waals surface area contributed by atoms with E-state index in [0.29, 0.717) is 5.56 Å². The van der Waals surface area contributed by atoms with Gasteiger partial charge in [0.1, 0.15) is 0 Å². The molecule has 0 spiro atoms. The quantitative estimate of drug-likeness (QED) is 0.782. The van der Waals surface area contributed by atoms with Gasteiger partial charge >= 0.3 is 0 Å². The van der Waals surface area contributed by atoms with E-state index in [4.69, 9.17) is 0 Å². The van der Waals surface area contributed by atoms with Gasteiger partial charge in [0.25, 0.3) is 5.91 Å². The minimum absolute atomic E-state index is 0.0555. The van der Waals surface area contributed by atoms with Gasteiger partial charge in [0.05, 0.1) is 5.56 Å². The summed E-state index contributed by atoms with van der Waals surface area (Å²) >= 11 is 2.18. The number of carbonyl (C=O) groups excluding carboxylic acids is 1. The number of nitrogens with one attached hydrogen (secondary N) is 1. The summed E-state index contributed by atoms with van der Waals surface area (Å²) in [5, 5.41) is 3.02. The van der Waals surface area contributed by atoms with Gasteiger partial charge < -0.3 is 5.32 Å². The van der Waals surface area contributed by atoms with Crippen molar-refractivity contribution in [2.45, 2.75) is 20.8 Å². The summed E-state index contributed by atoms with van der Waals surface area (Å²) in [6.07, 6.45) is 0. The average molecular weight is 365 g/mol. The average Bonchev–Trinajstić information content (AvgIpc) is 2.34. The second-order valence-corrected chi connectivity index (χ2v) is 5.87. The van der Waals surface area contributed by atoms with E-state index >= 15 is 0 Å². The molecule has 1 N–H and O–H groups in total. The summed E-state index contributed by atoms with van der Waals surface area (Å²) < 4.78 is 0.958. The van der Waals surface area contributed by atoms with Crippen molar-refractivity contribution in [1.82, 2.24) is 0 Å². The topological polar surface area (TPSA) is 29.1 Å². The first-order chi connectivity index (χ1) is 8.99. The lowest BCUT2D eigenvalue weighted by molar-refractivity contribution is 0.102. The Balaban J connectivity index is 2.32. The van der Waals surface area contributed by atoms with Gasteiger partial charge in [-0.1, -0.05) is 29.8 Å². The SMILES string of the molecule is Cc1cc(C)c(NC(=O)c2ccccc2I)c(C)c1. The minimum Gasteiger partial charge on any atom is -0.321 e. The largest absolute Gasteiger partial charge is 0.321 e. The van der Waals surface area contributed by atoms with Crippen LogP contribution in [0.3, 0.4) is 0 Å². The molecule has 98 valence electrons. The number of benzene rings is 2. The summed E-state index contributed by atoms with van der Waals surface area (Å²) in [5.74, 6) is -0.0555. The van der Waals surface area contributed by atoms with Gasteiger partial charge in [0.15, 0.2) is 0 Å². The molecule has 2 nitrogen and oxygen atoms in total. The van der Waals surface area contributed by atoms with E-state index in [1.54, 1.807) is 0 Å². The second kappa shape index (κ2) is 5.74. The van der Waals surface area contributed by atoms with Crippen LogP contribution in [0.5, 0.6) is 0 Å². The van der Waals surface area contributed by atoms with Gasteiger partial charge in [0.2, 0.25) is 0 Å². The van der Waals surface area contributed by atoms with Gasteiger partial charge in [-0.3, -0.25) is 4.79 Å². The fourth-order valence-corrected chi connectivity index (χ4v) is 2.84. The lowest BCUT2D eigenvalue weighted by Crippen LogP contribution is -2.15. The molecule has 2 aromatic carbocycles. The number of anilines is 1. The highest BCUT2D eigenvalue weighted by molar-refractivity contribution is 14.1. The zero-order chi connectivity index (χ0) is 14.0. The molecule has 0 atom stereocenters. The Labute approximate surface area is 127 Å². The van der Waals surface area contributed by atoms with Crippen LogP contribution in [-0.2, 0) is 0 Å². The van der Waals surface area contributed by atoms with E-state index in [2.05, 4.69) is 47.0 Å². The van der Waals surface area contributed by atoms with Crippen molar-refractivity contribution >= 4 is 34.2 Å². The van der Waals surface area contributed by atoms with Crippen LogP contribution in [0.25, 0.3) is 0 Å². The van der Waals surface area contributed by atoms with Crippen LogP contribution in [0.4, 0.5) is 5.69 Å². The first kappa shape index (κ1) is 14.1. The predicted molar refractivity (Wildman–Crippen MR) is 87.8 cm³/mol. The van der Waals surface area contributed by atoms with E-state index in [0.717, 1.165) is 20.4 Å². The van der Waals surface area contributed by atoms with E-state index in [1.807, 2.05) is 38.1 Å². The van der Waals surface area contributed by atoms with Crippen LogP contribution in [0.2, 0.25) is 0 Å². The van der Waals surface area contributed by atoms with Crippen LogP contribution in [0.1, 0.15) is 27.0 Å². The number of aryl methyl sites for hydroxylation is 3. The van der Waals surface area contributed by atoms with Crippen molar-refractivity contribution in [3.63, 3.8) is 0 Å². The van der Waals surface area contributed by atoms with Crippen LogP contribution in [0.15, 0.2) is 36.4 Å². The molecule has 0 fully saturated rings. The first-order valence-corrected chi connectivity index (χ1v) is 7.20. The Morgan fingerprint density at radius 2 is 1.63 bits per heavy atom. The Bertz CT molecular complexity index is 611. The van der Waals surface area contributed by atoms with Crippen molar-refractivity contribution in [1.29, 1.82) is 0 Å². The normalized spacial score (nSPS) is 10.3. The van der Waals surface area contributed by atoms with Crippen molar-refractivity contribution in [2.24, 2.45) is 0 Å². The standard InChI is InChI=1S/C16H16INO/c1-10-8-11(2)15(12(3)9-10)18-16(19)13-6-4-5-7-14(13)17/h4-9H,1-3H3,(H,18,19).